The van der Waals surface area contributed by atoms with Gasteiger partial charge in [0.15, 0.2) is 0 Å². The van der Waals surface area contributed by atoms with Crippen LogP contribution >= 0.6 is 11.6 Å². The molecule has 1 amide bonds. The summed E-state index contributed by atoms with van der Waals surface area (Å²) in [6.07, 6.45) is 0.966. The summed E-state index contributed by atoms with van der Waals surface area (Å²) in [5, 5.41) is -0.0154. The van der Waals surface area contributed by atoms with Gasteiger partial charge in [0.2, 0.25) is 0 Å². The van der Waals surface area contributed by atoms with Crippen LogP contribution < -0.4 is 0 Å². The van der Waals surface area contributed by atoms with E-state index in [1.54, 1.807) is 4.90 Å². The topological polar surface area (TPSA) is 62.7 Å². The number of ether oxygens (including phenoxy) is 1. The van der Waals surface area contributed by atoms with Crippen LogP contribution in [-0.2, 0) is 9.53 Å². The standard InChI is InChI=1S/C13H15ClFN3O3/c1-21-11(19)8-17-2-4-18(5-3-17)13(20)10-6-9(15)7-16-12(10)14/h6-7H,2-5,8H2,1H3. The third kappa shape index (κ3) is 3.89. The monoisotopic (exact) mass is 315 g/mol. The molecule has 2 heterocycles. The van der Waals surface area contributed by atoms with Crippen LogP contribution in [0, 0.1) is 5.82 Å². The molecule has 0 aromatic carbocycles. The van der Waals surface area contributed by atoms with Gasteiger partial charge in [-0.05, 0) is 6.07 Å². The van der Waals surface area contributed by atoms with Crippen molar-refractivity contribution in [1.82, 2.24) is 14.8 Å². The van der Waals surface area contributed by atoms with Crippen LogP contribution in [0.4, 0.5) is 4.39 Å². The van der Waals surface area contributed by atoms with E-state index >= 15 is 0 Å². The summed E-state index contributed by atoms with van der Waals surface area (Å²) in [6.45, 7) is 2.15. The molecule has 0 aliphatic carbocycles. The van der Waals surface area contributed by atoms with Crippen LogP contribution in [0.2, 0.25) is 5.15 Å². The molecule has 0 N–H and O–H groups in total. The number of rotatable bonds is 3. The fourth-order valence-electron chi connectivity index (χ4n) is 2.10. The largest absolute Gasteiger partial charge is 0.468 e. The zero-order chi connectivity index (χ0) is 15.4. The van der Waals surface area contributed by atoms with Crippen molar-refractivity contribution in [2.75, 3.05) is 39.8 Å². The van der Waals surface area contributed by atoms with Crippen molar-refractivity contribution in [3.63, 3.8) is 0 Å². The van der Waals surface area contributed by atoms with Crippen molar-refractivity contribution in [3.05, 3.63) is 28.8 Å². The lowest BCUT2D eigenvalue weighted by Crippen LogP contribution is -2.50. The highest BCUT2D eigenvalue weighted by Crippen LogP contribution is 2.17. The van der Waals surface area contributed by atoms with E-state index in [2.05, 4.69) is 9.72 Å². The lowest BCUT2D eigenvalue weighted by molar-refractivity contribution is -0.142. The molecule has 1 aliphatic heterocycles. The molecule has 0 atom stereocenters. The molecule has 0 unspecified atom stereocenters. The second kappa shape index (κ2) is 6.82. The minimum atomic E-state index is -0.605. The van der Waals surface area contributed by atoms with Gasteiger partial charge in [0.05, 0.1) is 25.4 Å². The van der Waals surface area contributed by atoms with E-state index in [9.17, 15) is 14.0 Å². The molecule has 1 aromatic rings. The molecular weight excluding hydrogens is 301 g/mol. The molecule has 0 spiro atoms. The van der Waals surface area contributed by atoms with E-state index in [0.29, 0.717) is 26.2 Å². The first-order chi connectivity index (χ1) is 10.0. The van der Waals surface area contributed by atoms with Crippen LogP contribution in [0.15, 0.2) is 12.3 Å². The van der Waals surface area contributed by atoms with Crippen molar-refractivity contribution >= 4 is 23.5 Å². The van der Waals surface area contributed by atoms with Crippen LogP contribution in [0.5, 0.6) is 0 Å². The normalized spacial score (nSPS) is 15.9. The van der Waals surface area contributed by atoms with Gasteiger partial charge in [0, 0.05) is 26.2 Å². The number of pyridine rings is 1. The van der Waals surface area contributed by atoms with E-state index < -0.39 is 5.82 Å². The van der Waals surface area contributed by atoms with Crippen molar-refractivity contribution in [1.29, 1.82) is 0 Å². The molecule has 0 radical (unpaired) electrons. The number of piperazine rings is 1. The number of hydrogen-bond acceptors (Lipinski definition) is 5. The third-order valence-corrected chi connectivity index (χ3v) is 3.58. The molecule has 1 aromatic heterocycles. The van der Waals surface area contributed by atoms with Gasteiger partial charge in [0.25, 0.3) is 5.91 Å². The van der Waals surface area contributed by atoms with Crippen LogP contribution in [0.25, 0.3) is 0 Å². The van der Waals surface area contributed by atoms with Crippen molar-refractivity contribution in [2.24, 2.45) is 0 Å². The first-order valence-electron chi connectivity index (χ1n) is 6.40. The minimum Gasteiger partial charge on any atom is -0.468 e. The lowest BCUT2D eigenvalue weighted by Gasteiger charge is -2.34. The smallest absolute Gasteiger partial charge is 0.319 e. The third-order valence-electron chi connectivity index (χ3n) is 3.28. The molecule has 8 heteroatoms. The molecule has 0 bridgehead atoms. The first-order valence-corrected chi connectivity index (χ1v) is 6.78. The molecule has 114 valence electrons. The molecule has 2 rings (SSSR count). The quantitative estimate of drug-likeness (QED) is 0.610. The summed E-state index contributed by atoms with van der Waals surface area (Å²) < 4.78 is 17.8. The second-order valence-electron chi connectivity index (χ2n) is 4.64. The first kappa shape index (κ1) is 15.7. The van der Waals surface area contributed by atoms with Crippen LogP contribution in [-0.4, -0.2) is 66.5 Å². The summed E-state index contributed by atoms with van der Waals surface area (Å²) in [6, 6.07) is 1.08. The van der Waals surface area contributed by atoms with Gasteiger partial charge in [-0.15, -0.1) is 0 Å². The number of nitrogens with zero attached hydrogens (tertiary/aromatic N) is 3. The Balaban J connectivity index is 1.97. The number of aromatic nitrogens is 1. The van der Waals surface area contributed by atoms with Gasteiger partial charge < -0.3 is 9.64 Å². The van der Waals surface area contributed by atoms with E-state index in [1.165, 1.54) is 7.11 Å². The number of hydrogen-bond donors (Lipinski definition) is 0. The number of esters is 1. The number of carbonyl (C=O) groups excluding carboxylic acids is 2. The second-order valence-corrected chi connectivity index (χ2v) is 4.99. The Morgan fingerprint density at radius 3 is 2.67 bits per heavy atom. The van der Waals surface area contributed by atoms with Gasteiger partial charge in [-0.3, -0.25) is 14.5 Å². The Hall–Kier alpha value is -1.73. The number of halogens is 2. The highest BCUT2D eigenvalue weighted by molar-refractivity contribution is 6.32. The van der Waals surface area contributed by atoms with Crippen LogP contribution in [0.3, 0.4) is 0 Å². The highest BCUT2D eigenvalue weighted by Gasteiger charge is 2.25. The zero-order valence-electron chi connectivity index (χ0n) is 11.5. The van der Waals surface area contributed by atoms with Gasteiger partial charge in [0.1, 0.15) is 11.0 Å². The van der Waals surface area contributed by atoms with E-state index in [0.717, 1.165) is 12.3 Å². The molecule has 6 nitrogen and oxygen atoms in total. The van der Waals surface area contributed by atoms with Gasteiger partial charge in [-0.1, -0.05) is 11.6 Å². The maximum absolute atomic E-state index is 13.2. The minimum absolute atomic E-state index is 0.0154. The van der Waals surface area contributed by atoms with E-state index in [4.69, 9.17) is 11.6 Å². The lowest BCUT2D eigenvalue weighted by atomic mass is 10.2. The summed E-state index contributed by atoms with van der Waals surface area (Å²) in [7, 11) is 1.33. The van der Waals surface area contributed by atoms with Crippen molar-refractivity contribution in [3.8, 4) is 0 Å². The molecule has 1 fully saturated rings. The molecule has 1 aliphatic rings. The predicted molar refractivity (Wildman–Crippen MR) is 73.6 cm³/mol. The zero-order valence-corrected chi connectivity index (χ0v) is 12.3. The summed E-state index contributed by atoms with van der Waals surface area (Å²) in [5.41, 5.74) is 0.0538. The fourth-order valence-corrected chi connectivity index (χ4v) is 2.28. The summed E-state index contributed by atoms with van der Waals surface area (Å²) in [4.78, 5) is 30.6. The van der Waals surface area contributed by atoms with Crippen molar-refractivity contribution in [2.45, 2.75) is 0 Å². The average Bonchev–Trinajstić information content (AvgIpc) is 2.49. The van der Waals surface area contributed by atoms with Crippen LogP contribution in [0.1, 0.15) is 10.4 Å². The van der Waals surface area contributed by atoms with E-state index in [-0.39, 0.29) is 29.1 Å². The summed E-state index contributed by atoms with van der Waals surface area (Å²) >= 11 is 5.83. The maximum atomic E-state index is 13.2. The fraction of sp³-hybridized carbons (Fsp3) is 0.462. The average molecular weight is 316 g/mol. The molecular formula is C13H15ClFN3O3. The highest BCUT2D eigenvalue weighted by atomic mass is 35.5. The Morgan fingerprint density at radius 2 is 2.05 bits per heavy atom. The molecule has 1 saturated heterocycles. The number of amides is 1. The molecule has 0 saturated carbocycles. The Labute approximate surface area is 126 Å². The molecule has 21 heavy (non-hydrogen) atoms. The Bertz CT molecular complexity index is 547. The SMILES string of the molecule is COC(=O)CN1CCN(C(=O)c2cc(F)cnc2Cl)CC1. The Kier molecular flexibility index (Phi) is 5.08. The van der Waals surface area contributed by atoms with Gasteiger partial charge in [-0.2, -0.15) is 0 Å². The predicted octanol–water partition coefficient (Wildman–Crippen LogP) is 0.805. The number of methoxy groups -OCH3 is 1. The van der Waals surface area contributed by atoms with Crippen molar-refractivity contribution < 1.29 is 18.7 Å². The Morgan fingerprint density at radius 1 is 1.38 bits per heavy atom. The number of carbonyl (C=O) groups is 2. The van der Waals surface area contributed by atoms with Gasteiger partial charge in [-0.25, -0.2) is 9.37 Å². The van der Waals surface area contributed by atoms with E-state index in [1.807, 2.05) is 4.90 Å². The van der Waals surface area contributed by atoms with Gasteiger partial charge >= 0.3 is 5.97 Å². The summed E-state index contributed by atoms with van der Waals surface area (Å²) in [5.74, 6) is -1.27. The maximum Gasteiger partial charge on any atom is 0.319 e.